The third-order valence-corrected chi connectivity index (χ3v) is 8.55. The summed E-state index contributed by atoms with van der Waals surface area (Å²) in [6.45, 7) is 7.40. The zero-order valence-electron chi connectivity index (χ0n) is 18.4. The van der Waals surface area contributed by atoms with Crippen LogP contribution in [0.3, 0.4) is 0 Å². The summed E-state index contributed by atoms with van der Waals surface area (Å²) in [5.74, 6) is 0. The van der Waals surface area contributed by atoms with E-state index in [1.807, 2.05) is 6.92 Å². The number of alkyl halides is 2. The number of piperazine rings is 1. The Bertz CT molecular complexity index is 1290. The van der Waals surface area contributed by atoms with Crippen LogP contribution in [0, 0.1) is 0 Å². The van der Waals surface area contributed by atoms with E-state index in [4.69, 9.17) is 0 Å². The second-order valence-corrected chi connectivity index (χ2v) is 11.9. The van der Waals surface area contributed by atoms with Gasteiger partial charge in [-0.15, -0.1) is 10.2 Å². The number of benzene rings is 1. The number of hydrogen-bond donors (Lipinski definition) is 2. The van der Waals surface area contributed by atoms with Crippen LogP contribution in [0.25, 0.3) is 16.0 Å². The van der Waals surface area contributed by atoms with Crippen LogP contribution >= 0.6 is 11.3 Å². The number of nitrogens with one attached hydrogen (secondary N) is 2. The fraction of sp³-hybridized carbons (Fsp3) is 0.550. The molecule has 2 unspecified atom stereocenters. The van der Waals surface area contributed by atoms with E-state index in [2.05, 4.69) is 44.1 Å². The Morgan fingerprint density at radius 3 is 2.52 bits per heavy atom. The predicted molar refractivity (Wildman–Crippen MR) is 122 cm³/mol. The van der Waals surface area contributed by atoms with E-state index in [0.717, 1.165) is 35.3 Å². The number of aromatic nitrogens is 4. The maximum atomic E-state index is 13.3. The SMILES string of the molecule is CC1CN(c2cc(S(=O)(=O)NC3(C)CC3)cc3c2cnn3-c2nnc(C(F)F)s2)CC(C)N1. The fourth-order valence-corrected chi connectivity index (χ4v) is 6.42. The minimum Gasteiger partial charge on any atom is -0.368 e. The fourth-order valence-electron chi connectivity index (χ4n) is 4.25. The van der Waals surface area contributed by atoms with Crippen LogP contribution in [0.15, 0.2) is 23.2 Å². The molecular weight excluding hydrogens is 472 g/mol. The maximum absolute atomic E-state index is 13.3. The monoisotopic (exact) mass is 497 g/mol. The highest BCUT2D eigenvalue weighted by Gasteiger charge is 2.41. The van der Waals surface area contributed by atoms with E-state index in [0.29, 0.717) is 18.6 Å². The minimum absolute atomic E-state index is 0.109. The van der Waals surface area contributed by atoms with Crippen molar-refractivity contribution in [1.82, 2.24) is 30.0 Å². The molecule has 1 saturated heterocycles. The molecule has 2 aromatic heterocycles. The molecule has 2 aliphatic rings. The van der Waals surface area contributed by atoms with Gasteiger partial charge in [0, 0.05) is 41.8 Å². The lowest BCUT2D eigenvalue weighted by atomic mass is 10.1. The molecule has 5 rings (SSSR count). The Morgan fingerprint density at radius 2 is 1.91 bits per heavy atom. The summed E-state index contributed by atoms with van der Waals surface area (Å²) in [7, 11) is -3.81. The van der Waals surface area contributed by atoms with E-state index in [1.165, 1.54) is 10.7 Å². The molecule has 2 atom stereocenters. The Morgan fingerprint density at radius 1 is 1.21 bits per heavy atom. The number of nitrogens with zero attached hydrogens (tertiary/aromatic N) is 5. The van der Waals surface area contributed by atoms with Gasteiger partial charge in [-0.3, -0.25) is 0 Å². The lowest BCUT2D eigenvalue weighted by Gasteiger charge is -2.38. The van der Waals surface area contributed by atoms with Gasteiger partial charge < -0.3 is 10.2 Å². The van der Waals surface area contributed by atoms with Gasteiger partial charge in [0.25, 0.3) is 6.43 Å². The minimum atomic E-state index is -3.81. The quantitative estimate of drug-likeness (QED) is 0.540. The van der Waals surface area contributed by atoms with Crippen molar-refractivity contribution >= 4 is 38.0 Å². The summed E-state index contributed by atoms with van der Waals surface area (Å²) in [5, 5.41) is 15.7. The number of fused-ring (bicyclic) bond motifs is 1. The molecular formula is C20H25F2N7O2S2. The highest BCUT2D eigenvalue weighted by Crippen LogP contribution is 2.38. The third kappa shape index (κ3) is 4.34. The van der Waals surface area contributed by atoms with Gasteiger partial charge in [0.1, 0.15) is 0 Å². The molecule has 2 fully saturated rings. The van der Waals surface area contributed by atoms with Crippen molar-refractivity contribution in [3.63, 3.8) is 0 Å². The normalized spacial score (nSPS) is 22.9. The zero-order valence-corrected chi connectivity index (χ0v) is 20.1. The predicted octanol–water partition coefficient (Wildman–Crippen LogP) is 2.83. The first kappa shape index (κ1) is 22.6. The number of anilines is 1. The first-order chi connectivity index (χ1) is 15.5. The summed E-state index contributed by atoms with van der Waals surface area (Å²) >= 11 is 0.729. The molecule has 0 radical (unpaired) electrons. The number of hydrogen-bond acceptors (Lipinski definition) is 8. The van der Waals surface area contributed by atoms with Gasteiger partial charge in [-0.25, -0.2) is 26.6 Å². The maximum Gasteiger partial charge on any atom is 0.291 e. The Kier molecular flexibility index (Phi) is 5.42. The van der Waals surface area contributed by atoms with Gasteiger partial charge >= 0.3 is 0 Å². The molecule has 0 bridgehead atoms. The summed E-state index contributed by atoms with van der Waals surface area (Å²) in [5.41, 5.74) is 0.779. The van der Waals surface area contributed by atoms with Gasteiger partial charge in [0.2, 0.25) is 15.2 Å². The Labute approximate surface area is 194 Å². The first-order valence-electron chi connectivity index (χ1n) is 10.7. The smallest absolute Gasteiger partial charge is 0.291 e. The standard InChI is InChI=1S/C20H25F2N7O2S2/c1-11-9-28(10-12(2)24-11)15-6-13(33(30,31)27-20(3)4-5-20)7-16-14(15)8-23-29(16)19-26-25-18(32-19)17(21)22/h6-8,11-12,17,24,27H,4-5,9-10H2,1-3H3. The van der Waals surface area contributed by atoms with Crippen LogP contribution in [-0.2, 0) is 10.0 Å². The van der Waals surface area contributed by atoms with E-state index in [-0.39, 0.29) is 22.1 Å². The second-order valence-electron chi connectivity index (χ2n) is 9.20. The van der Waals surface area contributed by atoms with Gasteiger partial charge in [0.15, 0.2) is 5.01 Å². The van der Waals surface area contributed by atoms with Crippen molar-refractivity contribution in [2.45, 2.75) is 62.6 Å². The molecule has 1 aliphatic carbocycles. The van der Waals surface area contributed by atoms with Crippen molar-refractivity contribution in [3.8, 4) is 5.13 Å². The van der Waals surface area contributed by atoms with Gasteiger partial charge in [-0.2, -0.15) is 5.10 Å². The summed E-state index contributed by atoms with van der Waals surface area (Å²) < 4.78 is 56.9. The number of halogens is 2. The number of sulfonamides is 1. The lowest BCUT2D eigenvalue weighted by Crippen LogP contribution is -2.54. The Balaban J connectivity index is 1.67. The van der Waals surface area contributed by atoms with Crippen molar-refractivity contribution in [2.75, 3.05) is 18.0 Å². The molecule has 1 aliphatic heterocycles. The van der Waals surface area contributed by atoms with Crippen LogP contribution in [0.4, 0.5) is 14.5 Å². The van der Waals surface area contributed by atoms with E-state index in [9.17, 15) is 17.2 Å². The van der Waals surface area contributed by atoms with Gasteiger partial charge in [-0.1, -0.05) is 11.3 Å². The largest absolute Gasteiger partial charge is 0.368 e. The van der Waals surface area contributed by atoms with Gasteiger partial charge in [-0.05, 0) is 45.7 Å². The van der Waals surface area contributed by atoms with Gasteiger partial charge in [0.05, 0.1) is 16.6 Å². The molecule has 3 heterocycles. The van der Waals surface area contributed by atoms with Crippen molar-refractivity contribution < 1.29 is 17.2 Å². The van der Waals surface area contributed by atoms with Crippen molar-refractivity contribution in [2.24, 2.45) is 0 Å². The van der Waals surface area contributed by atoms with Crippen LogP contribution in [0.2, 0.25) is 0 Å². The van der Waals surface area contributed by atoms with Crippen molar-refractivity contribution in [3.05, 3.63) is 23.3 Å². The van der Waals surface area contributed by atoms with Crippen LogP contribution in [-0.4, -0.2) is 59.1 Å². The number of rotatable bonds is 6. The first-order valence-corrected chi connectivity index (χ1v) is 13.0. The lowest BCUT2D eigenvalue weighted by molar-refractivity contribution is 0.150. The Hall–Kier alpha value is -2.22. The molecule has 1 saturated carbocycles. The topological polar surface area (TPSA) is 105 Å². The molecule has 3 aromatic rings. The van der Waals surface area contributed by atoms with E-state index in [1.54, 1.807) is 12.3 Å². The molecule has 13 heteroatoms. The molecule has 1 aromatic carbocycles. The highest BCUT2D eigenvalue weighted by molar-refractivity contribution is 7.89. The van der Waals surface area contributed by atoms with E-state index >= 15 is 0 Å². The molecule has 0 spiro atoms. The molecule has 33 heavy (non-hydrogen) atoms. The van der Waals surface area contributed by atoms with E-state index < -0.39 is 27.0 Å². The summed E-state index contributed by atoms with van der Waals surface area (Å²) in [6.07, 6.45) is 0.454. The van der Waals surface area contributed by atoms with Crippen LogP contribution < -0.4 is 14.9 Å². The molecule has 178 valence electrons. The zero-order chi connectivity index (χ0) is 23.5. The second kappa shape index (κ2) is 7.93. The molecule has 2 N–H and O–H groups in total. The van der Waals surface area contributed by atoms with Crippen LogP contribution in [0.1, 0.15) is 45.0 Å². The van der Waals surface area contributed by atoms with Crippen molar-refractivity contribution in [1.29, 1.82) is 0 Å². The summed E-state index contributed by atoms with van der Waals surface area (Å²) in [4.78, 5) is 2.25. The molecule has 0 amide bonds. The van der Waals surface area contributed by atoms with Crippen LogP contribution in [0.5, 0.6) is 0 Å². The average Bonchev–Trinajstić information content (AvgIpc) is 3.14. The third-order valence-electron chi connectivity index (χ3n) is 6.03. The highest BCUT2D eigenvalue weighted by atomic mass is 32.2. The molecule has 9 nitrogen and oxygen atoms in total. The summed E-state index contributed by atoms with van der Waals surface area (Å²) in [6, 6.07) is 3.62. The average molecular weight is 498 g/mol.